The Morgan fingerprint density at radius 2 is 1.57 bits per heavy atom. The lowest BCUT2D eigenvalue weighted by Crippen LogP contribution is -2.29. The van der Waals surface area contributed by atoms with E-state index < -0.39 is 10.0 Å². The van der Waals surface area contributed by atoms with Gasteiger partial charge in [0.15, 0.2) is 0 Å². The molecule has 0 unspecified atom stereocenters. The first kappa shape index (κ1) is 17.3. The molecule has 0 aliphatic carbocycles. The van der Waals surface area contributed by atoms with Gasteiger partial charge in [-0.25, -0.2) is 13.1 Å². The Labute approximate surface area is 137 Å². The molecule has 2 aromatic carbocycles. The molecule has 0 aromatic heterocycles. The van der Waals surface area contributed by atoms with Crippen LogP contribution in [-0.4, -0.2) is 28.7 Å². The molecule has 0 bridgehead atoms. The minimum atomic E-state index is -3.36. The summed E-state index contributed by atoms with van der Waals surface area (Å²) in [6, 6.07) is 14.6. The van der Waals surface area contributed by atoms with Crippen LogP contribution in [0.5, 0.6) is 11.5 Å². The van der Waals surface area contributed by atoms with Crippen LogP contribution in [0.3, 0.4) is 0 Å². The van der Waals surface area contributed by atoms with E-state index in [1.54, 1.807) is 31.4 Å². The number of benzene rings is 2. The highest BCUT2D eigenvalue weighted by atomic mass is 32.2. The van der Waals surface area contributed by atoms with Crippen LogP contribution >= 0.6 is 0 Å². The van der Waals surface area contributed by atoms with Crippen molar-refractivity contribution < 1.29 is 17.9 Å². The van der Waals surface area contributed by atoms with Gasteiger partial charge in [-0.15, -0.1) is 0 Å². The van der Waals surface area contributed by atoms with E-state index in [9.17, 15) is 8.42 Å². The Morgan fingerprint density at radius 1 is 0.957 bits per heavy atom. The normalized spacial score (nSPS) is 11.2. The average molecular weight is 335 g/mol. The maximum Gasteiger partial charge on any atom is 0.215 e. The third kappa shape index (κ3) is 5.92. The molecule has 0 aliphatic rings. The standard InChI is InChI=1S/C17H21NO4S/c1-14-3-5-15(6-4-14)13-23(19,20)18-11-12-22-17-9-7-16(21-2)8-10-17/h3-10,18H,11-13H2,1-2H3. The first-order chi connectivity index (χ1) is 11.0. The molecule has 0 aliphatic heterocycles. The van der Waals surface area contributed by atoms with Gasteiger partial charge >= 0.3 is 0 Å². The second-order valence-corrected chi connectivity index (χ2v) is 6.97. The maximum absolute atomic E-state index is 12.0. The Hall–Kier alpha value is -2.05. The topological polar surface area (TPSA) is 64.6 Å². The largest absolute Gasteiger partial charge is 0.497 e. The van der Waals surface area contributed by atoms with E-state index in [0.717, 1.165) is 16.9 Å². The number of nitrogens with one attached hydrogen (secondary N) is 1. The van der Waals surface area contributed by atoms with Crippen LogP contribution in [0.4, 0.5) is 0 Å². The summed E-state index contributed by atoms with van der Waals surface area (Å²) in [5, 5.41) is 0. The molecule has 0 atom stereocenters. The molecule has 0 amide bonds. The van der Waals surface area contributed by atoms with Gasteiger partial charge in [-0.2, -0.15) is 0 Å². The van der Waals surface area contributed by atoms with E-state index in [2.05, 4.69) is 4.72 Å². The summed E-state index contributed by atoms with van der Waals surface area (Å²) in [4.78, 5) is 0. The van der Waals surface area contributed by atoms with Crippen molar-refractivity contribution in [2.75, 3.05) is 20.3 Å². The molecule has 2 aromatic rings. The molecule has 1 N–H and O–H groups in total. The Morgan fingerprint density at radius 3 is 2.17 bits per heavy atom. The van der Waals surface area contributed by atoms with Gasteiger partial charge in [0.25, 0.3) is 0 Å². The lowest BCUT2D eigenvalue weighted by molar-refractivity contribution is 0.322. The van der Waals surface area contributed by atoms with Gasteiger partial charge in [-0.1, -0.05) is 29.8 Å². The van der Waals surface area contributed by atoms with E-state index in [1.807, 2.05) is 31.2 Å². The van der Waals surface area contributed by atoms with Gasteiger partial charge in [0.1, 0.15) is 18.1 Å². The number of methoxy groups -OCH3 is 1. The molecule has 0 saturated heterocycles. The SMILES string of the molecule is COc1ccc(OCCNS(=O)(=O)Cc2ccc(C)cc2)cc1. The Kier molecular flexibility index (Phi) is 6.01. The van der Waals surface area contributed by atoms with E-state index in [-0.39, 0.29) is 18.9 Å². The Balaban J connectivity index is 1.76. The second kappa shape index (κ2) is 7.99. The summed E-state index contributed by atoms with van der Waals surface area (Å²) in [6.07, 6.45) is 0. The number of sulfonamides is 1. The summed E-state index contributed by atoms with van der Waals surface area (Å²) in [7, 11) is -1.77. The van der Waals surface area contributed by atoms with Crippen LogP contribution in [-0.2, 0) is 15.8 Å². The van der Waals surface area contributed by atoms with E-state index in [0.29, 0.717) is 5.75 Å². The van der Waals surface area contributed by atoms with Gasteiger partial charge in [0, 0.05) is 6.54 Å². The van der Waals surface area contributed by atoms with Crippen molar-refractivity contribution in [2.24, 2.45) is 0 Å². The van der Waals surface area contributed by atoms with E-state index >= 15 is 0 Å². The molecule has 0 heterocycles. The zero-order chi connectivity index (χ0) is 16.7. The first-order valence-electron chi connectivity index (χ1n) is 7.28. The molecule has 0 fully saturated rings. The summed E-state index contributed by atoms with van der Waals surface area (Å²) < 4.78 is 37.1. The predicted octanol–water partition coefficient (Wildman–Crippen LogP) is 2.50. The molecular weight excluding hydrogens is 314 g/mol. The highest BCUT2D eigenvalue weighted by Gasteiger charge is 2.10. The highest BCUT2D eigenvalue weighted by molar-refractivity contribution is 7.88. The molecule has 0 saturated carbocycles. The van der Waals surface area contributed by atoms with Gasteiger partial charge < -0.3 is 9.47 Å². The second-order valence-electron chi connectivity index (χ2n) is 5.16. The van der Waals surface area contributed by atoms with Crippen molar-refractivity contribution in [3.8, 4) is 11.5 Å². The molecular formula is C17H21NO4S. The summed E-state index contributed by atoms with van der Waals surface area (Å²) >= 11 is 0. The minimum Gasteiger partial charge on any atom is -0.497 e. The van der Waals surface area contributed by atoms with Crippen LogP contribution in [0.1, 0.15) is 11.1 Å². The average Bonchev–Trinajstić information content (AvgIpc) is 2.54. The molecule has 2 rings (SSSR count). The van der Waals surface area contributed by atoms with Crippen LogP contribution < -0.4 is 14.2 Å². The fourth-order valence-corrected chi connectivity index (χ4v) is 3.12. The van der Waals surface area contributed by atoms with Crippen molar-refractivity contribution in [1.82, 2.24) is 4.72 Å². The lowest BCUT2D eigenvalue weighted by Gasteiger charge is -2.09. The third-order valence-corrected chi connectivity index (χ3v) is 4.59. The molecule has 6 heteroatoms. The van der Waals surface area contributed by atoms with Crippen molar-refractivity contribution in [1.29, 1.82) is 0 Å². The zero-order valence-corrected chi connectivity index (χ0v) is 14.1. The third-order valence-electron chi connectivity index (χ3n) is 3.23. The van der Waals surface area contributed by atoms with E-state index in [1.165, 1.54) is 0 Å². The number of hydrogen-bond acceptors (Lipinski definition) is 4. The van der Waals surface area contributed by atoms with Gasteiger partial charge in [-0.3, -0.25) is 0 Å². The maximum atomic E-state index is 12.0. The van der Waals surface area contributed by atoms with Crippen LogP contribution in [0.2, 0.25) is 0 Å². The van der Waals surface area contributed by atoms with Crippen molar-refractivity contribution in [3.05, 3.63) is 59.7 Å². The fourth-order valence-electron chi connectivity index (χ4n) is 1.99. The lowest BCUT2D eigenvalue weighted by atomic mass is 10.2. The van der Waals surface area contributed by atoms with Gasteiger partial charge in [0.05, 0.1) is 12.9 Å². The number of aryl methyl sites for hydroxylation is 1. The zero-order valence-electron chi connectivity index (χ0n) is 13.3. The summed E-state index contributed by atoms with van der Waals surface area (Å²) in [6.45, 7) is 2.45. The van der Waals surface area contributed by atoms with Crippen molar-refractivity contribution in [2.45, 2.75) is 12.7 Å². The highest BCUT2D eigenvalue weighted by Crippen LogP contribution is 2.16. The minimum absolute atomic E-state index is 0.0319. The quantitative estimate of drug-likeness (QED) is 0.753. The molecule has 0 radical (unpaired) electrons. The molecule has 0 spiro atoms. The van der Waals surface area contributed by atoms with Crippen LogP contribution in [0.25, 0.3) is 0 Å². The first-order valence-corrected chi connectivity index (χ1v) is 8.93. The number of ether oxygens (including phenoxy) is 2. The number of rotatable bonds is 8. The molecule has 23 heavy (non-hydrogen) atoms. The van der Waals surface area contributed by atoms with Crippen LogP contribution in [0, 0.1) is 6.92 Å². The van der Waals surface area contributed by atoms with Crippen molar-refractivity contribution >= 4 is 10.0 Å². The van der Waals surface area contributed by atoms with Gasteiger partial charge in [-0.05, 0) is 36.8 Å². The van der Waals surface area contributed by atoms with Gasteiger partial charge in [0.2, 0.25) is 10.0 Å². The van der Waals surface area contributed by atoms with Crippen LogP contribution in [0.15, 0.2) is 48.5 Å². The monoisotopic (exact) mass is 335 g/mol. The molecule has 124 valence electrons. The fraction of sp³-hybridized carbons (Fsp3) is 0.294. The molecule has 5 nitrogen and oxygen atoms in total. The predicted molar refractivity (Wildman–Crippen MR) is 90.3 cm³/mol. The number of hydrogen-bond donors (Lipinski definition) is 1. The van der Waals surface area contributed by atoms with Crippen molar-refractivity contribution in [3.63, 3.8) is 0 Å². The summed E-state index contributed by atoms with van der Waals surface area (Å²) in [5.41, 5.74) is 1.87. The summed E-state index contributed by atoms with van der Waals surface area (Å²) in [5.74, 6) is 1.38. The van der Waals surface area contributed by atoms with E-state index in [4.69, 9.17) is 9.47 Å². The smallest absolute Gasteiger partial charge is 0.215 e. The Bertz CT molecular complexity index is 709.